The van der Waals surface area contributed by atoms with Crippen molar-refractivity contribution in [1.82, 2.24) is 0 Å². The summed E-state index contributed by atoms with van der Waals surface area (Å²) in [4.78, 5) is 48.5. The second-order valence-electron chi connectivity index (χ2n) is 19.1. The number of allylic oxidation sites excluding steroid dienone is 16. The zero-order valence-electron chi connectivity index (χ0n) is 46.8. The molecule has 0 aliphatic carbocycles. The highest BCUT2D eigenvalue weighted by Crippen LogP contribution is 2.43. The molecule has 2 N–H and O–H groups in total. The molecule has 0 rings (SSSR count). The number of phosphoric acid groups is 1. The number of phosphoric ester groups is 1. The largest absolute Gasteiger partial charge is 0.472 e. The van der Waals surface area contributed by atoms with Crippen LogP contribution in [0.1, 0.15) is 239 Å². The summed E-state index contributed by atoms with van der Waals surface area (Å²) >= 11 is 0. The van der Waals surface area contributed by atoms with Gasteiger partial charge in [0.2, 0.25) is 0 Å². The zero-order chi connectivity index (χ0) is 54.1. The van der Waals surface area contributed by atoms with Crippen LogP contribution in [0.25, 0.3) is 0 Å². The van der Waals surface area contributed by atoms with Crippen LogP contribution in [-0.2, 0) is 42.2 Å². The highest BCUT2D eigenvalue weighted by molar-refractivity contribution is 7.47. The number of esters is 3. The van der Waals surface area contributed by atoms with Crippen LogP contribution in [0.5, 0.6) is 0 Å². The number of carbonyl (C=O) groups is 3. The van der Waals surface area contributed by atoms with Gasteiger partial charge in [0.25, 0.3) is 0 Å². The molecule has 0 aromatic heterocycles. The van der Waals surface area contributed by atoms with Crippen LogP contribution in [0.15, 0.2) is 97.2 Å². The van der Waals surface area contributed by atoms with Gasteiger partial charge in [-0.05, 0) is 116 Å². The van der Waals surface area contributed by atoms with Gasteiger partial charge in [-0.2, -0.15) is 0 Å². The molecule has 424 valence electrons. The molecule has 0 aromatic rings. The lowest BCUT2D eigenvalue weighted by Gasteiger charge is -2.21. The van der Waals surface area contributed by atoms with E-state index in [0.717, 1.165) is 161 Å². The predicted molar refractivity (Wildman–Crippen MR) is 307 cm³/mol. The number of rotatable bonds is 53. The molecule has 11 nitrogen and oxygen atoms in total. The van der Waals surface area contributed by atoms with Gasteiger partial charge in [-0.1, -0.05) is 201 Å². The summed E-state index contributed by atoms with van der Waals surface area (Å²) in [6.07, 6.45) is 65.0. The smallest absolute Gasteiger partial charge is 0.462 e. The van der Waals surface area contributed by atoms with E-state index in [1.165, 1.54) is 19.3 Å². The molecule has 0 heterocycles. The van der Waals surface area contributed by atoms with Crippen LogP contribution in [0.2, 0.25) is 0 Å². The molecule has 0 bridgehead atoms. The van der Waals surface area contributed by atoms with Crippen LogP contribution in [-0.4, -0.2) is 66.5 Å². The molecule has 3 unspecified atom stereocenters. The fourth-order valence-corrected chi connectivity index (χ4v) is 8.32. The van der Waals surface area contributed by atoms with E-state index < -0.39 is 57.8 Å². The first-order chi connectivity index (χ1) is 36.2. The van der Waals surface area contributed by atoms with Crippen LogP contribution >= 0.6 is 7.82 Å². The number of unbranched alkanes of at least 4 members (excludes halogenated alkanes) is 20. The van der Waals surface area contributed by atoms with Gasteiger partial charge in [-0.25, -0.2) is 4.57 Å². The van der Waals surface area contributed by atoms with Gasteiger partial charge < -0.3 is 24.2 Å². The summed E-state index contributed by atoms with van der Waals surface area (Å²) in [5, 5.41) is 9.82. The first-order valence-corrected chi connectivity index (χ1v) is 30.6. The third-order valence-electron chi connectivity index (χ3n) is 11.9. The normalized spacial score (nSPS) is 14.1. The number of aliphatic hydroxyl groups is 1. The van der Waals surface area contributed by atoms with E-state index in [-0.39, 0.29) is 25.9 Å². The maximum atomic E-state index is 12.9. The number of hydrogen-bond acceptors (Lipinski definition) is 10. The van der Waals surface area contributed by atoms with Gasteiger partial charge in [-0.15, -0.1) is 0 Å². The van der Waals surface area contributed by atoms with E-state index in [0.29, 0.717) is 19.3 Å². The molecule has 0 amide bonds. The first-order valence-electron chi connectivity index (χ1n) is 29.1. The standard InChI is InChI=1S/C62H105O11P/c1-4-7-10-13-16-19-22-25-27-28-29-30-32-35-38-41-44-47-50-53-62(66)73-59(55-69-60(64)51-48-45-42-39-36-33-24-21-18-15-12-9-6-3)57-71-74(67,68)70-56-58(54-63)72-61(65)52-49-46-43-40-37-34-31-26-23-20-17-14-11-8-5-2/h7,10,12,15-17,19-21,24-27,29-31,58-59,63H,4-6,8-9,11,13-14,18,22-23,28,32-57H2,1-3H3,(H,67,68)/b10-7-,15-12-,19-16-,20-17-,24-21-,27-25-,30-29-,31-26-. The van der Waals surface area contributed by atoms with E-state index in [9.17, 15) is 28.9 Å². The minimum absolute atomic E-state index is 0.143. The molecule has 74 heavy (non-hydrogen) atoms. The van der Waals surface area contributed by atoms with Crippen LogP contribution < -0.4 is 0 Å². The average Bonchev–Trinajstić information content (AvgIpc) is 3.39. The second-order valence-corrected chi connectivity index (χ2v) is 20.5. The van der Waals surface area contributed by atoms with E-state index in [2.05, 4.69) is 118 Å². The maximum Gasteiger partial charge on any atom is 0.472 e. The van der Waals surface area contributed by atoms with Gasteiger partial charge in [0.05, 0.1) is 19.8 Å². The lowest BCUT2D eigenvalue weighted by molar-refractivity contribution is -0.161. The van der Waals surface area contributed by atoms with Crippen molar-refractivity contribution in [1.29, 1.82) is 0 Å². The fourth-order valence-electron chi connectivity index (χ4n) is 7.53. The van der Waals surface area contributed by atoms with Gasteiger partial charge >= 0.3 is 25.7 Å². The minimum Gasteiger partial charge on any atom is -0.462 e. The lowest BCUT2D eigenvalue weighted by atomic mass is 10.1. The minimum atomic E-state index is -4.76. The van der Waals surface area contributed by atoms with Crippen molar-refractivity contribution in [3.8, 4) is 0 Å². The van der Waals surface area contributed by atoms with Crippen LogP contribution in [0.4, 0.5) is 0 Å². The molecular formula is C62H105O11P. The lowest BCUT2D eigenvalue weighted by Crippen LogP contribution is -2.30. The topological polar surface area (TPSA) is 155 Å². The average molecular weight is 1060 g/mol. The monoisotopic (exact) mass is 1060 g/mol. The van der Waals surface area contributed by atoms with E-state index in [1.807, 2.05) is 0 Å². The van der Waals surface area contributed by atoms with Crippen molar-refractivity contribution in [3.63, 3.8) is 0 Å². The second kappa shape index (κ2) is 55.6. The summed E-state index contributed by atoms with van der Waals surface area (Å²) in [5.74, 6) is -1.52. The Labute approximate surface area is 451 Å². The van der Waals surface area contributed by atoms with Crippen molar-refractivity contribution in [3.05, 3.63) is 97.2 Å². The van der Waals surface area contributed by atoms with Crippen molar-refractivity contribution >= 4 is 25.7 Å². The van der Waals surface area contributed by atoms with Gasteiger partial charge in [0.1, 0.15) is 12.7 Å². The molecule has 0 fully saturated rings. The summed E-state index contributed by atoms with van der Waals surface area (Å²) in [7, 11) is -4.76. The maximum absolute atomic E-state index is 12.9. The molecule has 0 saturated carbocycles. The van der Waals surface area contributed by atoms with Gasteiger partial charge in [0.15, 0.2) is 6.10 Å². The Balaban J connectivity index is 4.77. The Morgan fingerprint density at radius 1 is 0.392 bits per heavy atom. The van der Waals surface area contributed by atoms with Crippen molar-refractivity contribution < 1.29 is 52.2 Å². The third kappa shape index (κ3) is 53.2. The summed E-state index contributed by atoms with van der Waals surface area (Å²) in [5.41, 5.74) is 0. The third-order valence-corrected chi connectivity index (χ3v) is 12.9. The van der Waals surface area contributed by atoms with E-state index >= 15 is 0 Å². The Morgan fingerprint density at radius 3 is 1.14 bits per heavy atom. The van der Waals surface area contributed by atoms with E-state index in [4.69, 9.17) is 23.3 Å². The SMILES string of the molecule is CC/C=C\C/C=C\C/C=C\C/C=C\CCCCCCCCC(=O)OC(COC(=O)CCCCCCC/C=C\C/C=C\CCC)COP(=O)(O)OCC(CO)OC(=O)CCCCCCC/C=C\C/C=C\CCCCC. The molecule has 12 heteroatoms. The Kier molecular flexibility index (Phi) is 52.9. The number of carbonyl (C=O) groups excluding carboxylic acids is 3. The van der Waals surface area contributed by atoms with Gasteiger partial charge in [-0.3, -0.25) is 23.4 Å². The highest BCUT2D eigenvalue weighted by Gasteiger charge is 2.28. The first kappa shape index (κ1) is 70.4. The summed E-state index contributed by atoms with van der Waals surface area (Å²) in [6.45, 7) is 4.39. The number of ether oxygens (including phenoxy) is 3. The molecule has 0 aliphatic heterocycles. The summed E-state index contributed by atoms with van der Waals surface area (Å²) < 4.78 is 39.5. The Bertz CT molecular complexity index is 1610. The zero-order valence-corrected chi connectivity index (χ0v) is 47.7. The highest BCUT2D eigenvalue weighted by atomic mass is 31.2. The molecule has 3 atom stereocenters. The number of hydrogen-bond donors (Lipinski definition) is 2. The quantitative estimate of drug-likeness (QED) is 0.0197. The van der Waals surface area contributed by atoms with Crippen LogP contribution in [0.3, 0.4) is 0 Å². The molecule has 0 aliphatic rings. The molecular weight excluding hydrogens is 952 g/mol. The molecule has 0 radical (unpaired) electrons. The molecule has 0 saturated heterocycles. The van der Waals surface area contributed by atoms with Crippen molar-refractivity contribution in [2.75, 3.05) is 26.4 Å². The fraction of sp³-hybridized carbons (Fsp3) is 0.694. The van der Waals surface area contributed by atoms with Gasteiger partial charge in [0, 0.05) is 19.3 Å². The van der Waals surface area contributed by atoms with E-state index in [1.54, 1.807) is 0 Å². The Morgan fingerprint density at radius 2 is 0.730 bits per heavy atom. The van der Waals surface area contributed by atoms with Crippen LogP contribution in [0, 0.1) is 0 Å². The summed E-state index contributed by atoms with van der Waals surface area (Å²) in [6, 6.07) is 0. The molecule has 0 spiro atoms. The van der Waals surface area contributed by atoms with Crippen molar-refractivity contribution in [2.24, 2.45) is 0 Å². The number of aliphatic hydroxyl groups excluding tert-OH is 1. The predicted octanol–water partition coefficient (Wildman–Crippen LogP) is 17.3. The molecule has 0 aromatic carbocycles. The van der Waals surface area contributed by atoms with Crippen molar-refractivity contribution in [2.45, 2.75) is 251 Å². The Hall–Kier alpha value is -3.60.